The van der Waals surface area contributed by atoms with E-state index in [9.17, 15) is 9.59 Å². The molecule has 1 N–H and O–H groups in total. The third-order valence-electron chi connectivity index (χ3n) is 4.69. The third kappa shape index (κ3) is 3.85. The van der Waals surface area contributed by atoms with Crippen molar-refractivity contribution in [2.24, 2.45) is 0 Å². The van der Waals surface area contributed by atoms with Crippen LogP contribution in [0, 0.1) is 0 Å². The summed E-state index contributed by atoms with van der Waals surface area (Å²) >= 11 is 3.39. The zero-order valence-corrected chi connectivity index (χ0v) is 16.2. The van der Waals surface area contributed by atoms with E-state index >= 15 is 0 Å². The Balaban J connectivity index is 1.56. The number of H-pyrrole nitrogens is 1. The van der Waals surface area contributed by atoms with Crippen molar-refractivity contribution >= 4 is 21.8 Å². The molecule has 1 aliphatic rings. The molecule has 0 aliphatic carbocycles. The highest BCUT2D eigenvalue weighted by molar-refractivity contribution is 9.10. The molecule has 0 unspecified atom stereocenters. The van der Waals surface area contributed by atoms with Crippen LogP contribution in [0.25, 0.3) is 0 Å². The van der Waals surface area contributed by atoms with E-state index in [1.165, 1.54) is 0 Å². The molecule has 0 atom stereocenters. The first-order valence-corrected chi connectivity index (χ1v) is 9.59. The molecule has 2 heterocycles. The highest BCUT2D eigenvalue weighted by Gasteiger charge is 2.25. The van der Waals surface area contributed by atoms with Gasteiger partial charge in [-0.3, -0.25) is 9.59 Å². The van der Waals surface area contributed by atoms with Crippen molar-refractivity contribution in [3.8, 4) is 0 Å². The van der Waals surface area contributed by atoms with Gasteiger partial charge in [0.15, 0.2) is 0 Å². The zero-order chi connectivity index (χ0) is 18.8. The Labute approximate surface area is 165 Å². The van der Waals surface area contributed by atoms with Crippen molar-refractivity contribution in [1.29, 1.82) is 0 Å². The number of hydrogen-bond acceptors (Lipinski definition) is 3. The maximum atomic E-state index is 12.8. The maximum absolute atomic E-state index is 12.8. The highest BCUT2D eigenvalue weighted by Crippen LogP contribution is 2.19. The first-order chi connectivity index (χ1) is 13.1. The molecule has 2 aromatic carbocycles. The summed E-state index contributed by atoms with van der Waals surface area (Å²) < 4.78 is 0.857. The summed E-state index contributed by atoms with van der Waals surface area (Å²) in [5.41, 5.74) is 2.93. The van der Waals surface area contributed by atoms with Crippen molar-refractivity contribution < 1.29 is 4.79 Å². The summed E-state index contributed by atoms with van der Waals surface area (Å²) in [4.78, 5) is 34.6. The number of benzene rings is 2. The smallest absolute Gasteiger partial charge is 0.256 e. The Morgan fingerprint density at radius 1 is 1.15 bits per heavy atom. The van der Waals surface area contributed by atoms with Gasteiger partial charge in [-0.2, -0.15) is 0 Å². The third-order valence-corrected chi connectivity index (χ3v) is 5.18. The van der Waals surface area contributed by atoms with Crippen LogP contribution in [-0.2, 0) is 19.4 Å². The molecule has 4 rings (SSSR count). The molecule has 0 saturated carbocycles. The molecule has 136 valence electrons. The fraction of sp³-hybridized carbons (Fsp3) is 0.190. The second-order valence-corrected chi connectivity index (χ2v) is 7.50. The van der Waals surface area contributed by atoms with E-state index < -0.39 is 0 Å². The molecule has 3 aromatic rings. The van der Waals surface area contributed by atoms with Crippen LogP contribution in [0.2, 0.25) is 0 Å². The highest BCUT2D eigenvalue weighted by atomic mass is 79.9. The predicted molar refractivity (Wildman–Crippen MR) is 107 cm³/mol. The number of aromatic amines is 1. The van der Waals surface area contributed by atoms with Gasteiger partial charge in [0.05, 0.1) is 17.8 Å². The zero-order valence-electron chi connectivity index (χ0n) is 14.6. The molecule has 0 spiro atoms. The van der Waals surface area contributed by atoms with Crippen LogP contribution in [0.3, 0.4) is 0 Å². The summed E-state index contributed by atoms with van der Waals surface area (Å²) in [6.07, 6.45) is 1.17. The van der Waals surface area contributed by atoms with E-state index in [2.05, 4.69) is 25.9 Å². The maximum Gasteiger partial charge on any atom is 0.256 e. The van der Waals surface area contributed by atoms with Crippen LogP contribution in [0.5, 0.6) is 0 Å². The first-order valence-electron chi connectivity index (χ1n) is 8.80. The number of hydrogen-bond donors (Lipinski definition) is 1. The molecule has 0 bridgehead atoms. The molecular formula is C21H18BrN3O2. The molecule has 6 heteroatoms. The largest absolute Gasteiger partial charge is 0.334 e. The number of halogens is 1. The van der Waals surface area contributed by atoms with E-state index in [0.717, 1.165) is 15.7 Å². The average molecular weight is 424 g/mol. The Bertz CT molecular complexity index is 1050. The Morgan fingerprint density at radius 2 is 1.96 bits per heavy atom. The molecule has 1 aromatic heterocycles. The van der Waals surface area contributed by atoms with Gasteiger partial charge in [-0.15, -0.1) is 0 Å². The van der Waals surface area contributed by atoms with E-state index in [1.54, 1.807) is 17.0 Å². The summed E-state index contributed by atoms with van der Waals surface area (Å²) in [7, 11) is 0. The molecule has 1 amide bonds. The average Bonchev–Trinajstić information content (AvgIpc) is 2.68. The van der Waals surface area contributed by atoms with Crippen molar-refractivity contribution in [3.63, 3.8) is 0 Å². The first kappa shape index (κ1) is 17.7. The molecule has 0 radical (unpaired) electrons. The Morgan fingerprint density at radius 3 is 2.74 bits per heavy atom. The van der Waals surface area contributed by atoms with E-state index in [-0.39, 0.29) is 18.0 Å². The van der Waals surface area contributed by atoms with Gasteiger partial charge >= 0.3 is 0 Å². The fourth-order valence-corrected chi connectivity index (χ4v) is 3.73. The van der Waals surface area contributed by atoms with Gasteiger partial charge in [-0.05, 0) is 23.8 Å². The lowest BCUT2D eigenvalue weighted by Crippen LogP contribution is -2.39. The Kier molecular flexibility index (Phi) is 4.90. The van der Waals surface area contributed by atoms with Crippen molar-refractivity contribution in [2.75, 3.05) is 6.54 Å². The van der Waals surface area contributed by atoms with Crippen LogP contribution in [0.4, 0.5) is 0 Å². The number of fused-ring (bicyclic) bond motifs is 1. The van der Waals surface area contributed by atoms with Crippen molar-refractivity contribution in [2.45, 2.75) is 19.4 Å². The summed E-state index contributed by atoms with van der Waals surface area (Å²) in [5.74, 6) is 0.589. The lowest BCUT2D eigenvalue weighted by Gasteiger charge is -2.28. The number of nitrogens with one attached hydrogen (secondary N) is 1. The number of amides is 1. The van der Waals surface area contributed by atoms with E-state index in [1.807, 2.05) is 42.5 Å². The minimum Gasteiger partial charge on any atom is -0.334 e. The van der Waals surface area contributed by atoms with Crippen LogP contribution in [0.15, 0.2) is 63.9 Å². The second-order valence-electron chi connectivity index (χ2n) is 6.59. The van der Waals surface area contributed by atoms with E-state index in [0.29, 0.717) is 36.3 Å². The minimum absolute atomic E-state index is 0.0743. The van der Waals surface area contributed by atoms with Gasteiger partial charge < -0.3 is 9.88 Å². The Hall–Kier alpha value is -2.73. The van der Waals surface area contributed by atoms with Crippen LogP contribution in [0.1, 0.15) is 33.0 Å². The molecule has 1 aliphatic heterocycles. The lowest BCUT2D eigenvalue weighted by molar-refractivity contribution is 0.0732. The SMILES string of the molecule is O=C(c1cccc(Br)c1)N1CCc2nc(Cc3ccccc3)[nH]c(=O)c2C1. The second kappa shape index (κ2) is 7.48. The summed E-state index contributed by atoms with van der Waals surface area (Å²) in [5, 5.41) is 0. The standard InChI is InChI=1S/C21H18BrN3O2/c22-16-8-4-7-15(12-16)21(27)25-10-9-18-17(13-25)20(26)24-19(23-18)11-14-5-2-1-3-6-14/h1-8,12H,9-11,13H2,(H,23,24,26). The number of carbonyl (C=O) groups excluding carboxylic acids is 1. The van der Waals surface area contributed by atoms with Crippen LogP contribution < -0.4 is 5.56 Å². The topological polar surface area (TPSA) is 66.1 Å². The van der Waals surface area contributed by atoms with E-state index in [4.69, 9.17) is 0 Å². The van der Waals surface area contributed by atoms with Crippen molar-refractivity contribution in [1.82, 2.24) is 14.9 Å². The normalized spacial score (nSPS) is 13.3. The number of rotatable bonds is 3. The quantitative estimate of drug-likeness (QED) is 0.702. The fourth-order valence-electron chi connectivity index (χ4n) is 3.33. The molecule has 5 nitrogen and oxygen atoms in total. The molecule has 0 fully saturated rings. The summed E-state index contributed by atoms with van der Waals surface area (Å²) in [6, 6.07) is 17.2. The summed E-state index contributed by atoms with van der Waals surface area (Å²) in [6.45, 7) is 0.841. The number of carbonyl (C=O) groups is 1. The lowest BCUT2D eigenvalue weighted by atomic mass is 10.0. The van der Waals surface area contributed by atoms with Gasteiger partial charge in [0.2, 0.25) is 0 Å². The number of nitrogens with zero attached hydrogens (tertiary/aromatic N) is 2. The number of aromatic nitrogens is 2. The van der Waals surface area contributed by atoms with Crippen LogP contribution in [-0.4, -0.2) is 27.3 Å². The van der Waals surface area contributed by atoms with Gasteiger partial charge in [0.1, 0.15) is 5.82 Å². The van der Waals surface area contributed by atoms with Gasteiger partial charge in [-0.1, -0.05) is 52.3 Å². The molecule has 27 heavy (non-hydrogen) atoms. The monoisotopic (exact) mass is 423 g/mol. The van der Waals surface area contributed by atoms with Crippen molar-refractivity contribution in [3.05, 3.63) is 97.6 Å². The van der Waals surface area contributed by atoms with Gasteiger partial charge in [0.25, 0.3) is 11.5 Å². The molecular weight excluding hydrogens is 406 g/mol. The van der Waals surface area contributed by atoms with Crippen LogP contribution >= 0.6 is 15.9 Å². The molecule has 0 saturated heterocycles. The van der Waals surface area contributed by atoms with Gasteiger partial charge in [-0.25, -0.2) is 4.98 Å². The van der Waals surface area contributed by atoms with Gasteiger partial charge in [0, 0.05) is 29.4 Å². The predicted octanol–water partition coefficient (Wildman–Crippen LogP) is 3.32. The minimum atomic E-state index is -0.155.